The lowest BCUT2D eigenvalue weighted by molar-refractivity contribution is -0.0103. The molecule has 0 amide bonds. The van der Waals surface area contributed by atoms with Crippen LogP contribution in [0.4, 0.5) is 0 Å². The molecule has 1 heterocycles. The first-order valence-electron chi connectivity index (χ1n) is 13.4. The molecule has 0 unspecified atom stereocenters. The van der Waals surface area contributed by atoms with Crippen molar-refractivity contribution in [2.24, 2.45) is 0 Å². The summed E-state index contributed by atoms with van der Waals surface area (Å²) < 4.78 is 19.5. The highest BCUT2D eigenvalue weighted by Crippen LogP contribution is 2.42. The van der Waals surface area contributed by atoms with E-state index in [-0.39, 0.29) is 18.3 Å². The quantitative estimate of drug-likeness (QED) is 0.215. The molecule has 38 heavy (non-hydrogen) atoms. The molecule has 0 aliphatic carbocycles. The Morgan fingerprint density at radius 3 is 1.97 bits per heavy atom. The Balaban J connectivity index is 1.24. The van der Waals surface area contributed by atoms with E-state index in [1.165, 1.54) is 49.0 Å². The number of aryl methyl sites for hydroxylation is 2. The lowest BCUT2D eigenvalue weighted by Crippen LogP contribution is -2.32. The van der Waals surface area contributed by atoms with Crippen LogP contribution in [0, 0.1) is 13.8 Å². The first-order valence-corrected chi connectivity index (χ1v) is 13.4. The standard InChI is InChI=1S/C35H30O3/c1-22-6-14-27(15-7-22)36-21-33-32(37-28-16-8-23(2)9-17-28)20-31(38-33)29-18-12-26-11-10-24-4-3-5-25-13-19-30(29)35(26)34(24)25/h3-19,31-33H,20-21H2,1-2H3/t31-,32+,33-/m1/s1. The molecule has 6 aromatic carbocycles. The van der Waals surface area contributed by atoms with E-state index in [4.69, 9.17) is 14.2 Å². The second-order valence-corrected chi connectivity index (χ2v) is 10.5. The van der Waals surface area contributed by atoms with Gasteiger partial charge in [-0.1, -0.05) is 90.0 Å². The predicted octanol–water partition coefficient (Wildman–Crippen LogP) is 8.56. The topological polar surface area (TPSA) is 27.7 Å². The maximum Gasteiger partial charge on any atom is 0.131 e. The third kappa shape index (κ3) is 4.13. The average molecular weight is 499 g/mol. The van der Waals surface area contributed by atoms with Crippen LogP contribution in [0.15, 0.2) is 103 Å². The largest absolute Gasteiger partial charge is 0.491 e. The number of rotatable bonds is 6. The number of benzene rings is 6. The summed E-state index contributed by atoms with van der Waals surface area (Å²) in [5.74, 6) is 1.71. The SMILES string of the molecule is Cc1ccc(OC[C@H]2O[C@@H](c3ccc4ccc5cccc6ccc3c4c56)C[C@@H]2Oc2ccc(C)cc2)cc1. The van der Waals surface area contributed by atoms with E-state index < -0.39 is 0 Å². The first-order chi connectivity index (χ1) is 18.6. The van der Waals surface area contributed by atoms with Gasteiger partial charge >= 0.3 is 0 Å². The molecule has 3 heteroatoms. The van der Waals surface area contributed by atoms with E-state index in [0.29, 0.717) is 6.61 Å². The van der Waals surface area contributed by atoms with Crippen molar-refractivity contribution in [1.82, 2.24) is 0 Å². The van der Waals surface area contributed by atoms with Crippen molar-refractivity contribution in [1.29, 1.82) is 0 Å². The second-order valence-electron chi connectivity index (χ2n) is 10.5. The molecule has 3 nitrogen and oxygen atoms in total. The number of ether oxygens (including phenoxy) is 3. The molecule has 0 saturated carbocycles. The Morgan fingerprint density at radius 1 is 0.658 bits per heavy atom. The van der Waals surface area contributed by atoms with Gasteiger partial charge in [0.15, 0.2) is 0 Å². The van der Waals surface area contributed by atoms with E-state index in [1.807, 2.05) is 24.3 Å². The van der Waals surface area contributed by atoms with Gasteiger partial charge in [0.2, 0.25) is 0 Å². The van der Waals surface area contributed by atoms with Gasteiger partial charge in [-0.2, -0.15) is 0 Å². The van der Waals surface area contributed by atoms with Crippen LogP contribution < -0.4 is 9.47 Å². The fourth-order valence-electron chi connectivity index (χ4n) is 5.83. The molecule has 7 rings (SSSR count). The van der Waals surface area contributed by atoms with Gasteiger partial charge in [0.25, 0.3) is 0 Å². The lowest BCUT2D eigenvalue weighted by atomic mass is 9.90. The molecule has 188 valence electrons. The Kier molecular flexibility index (Phi) is 5.67. The molecule has 1 aliphatic heterocycles. The minimum absolute atomic E-state index is 0.0818. The summed E-state index contributed by atoms with van der Waals surface area (Å²) in [7, 11) is 0. The van der Waals surface area contributed by atoms with Crippen molar-refractivity contribution >= 4 is 32.3 Å². The zero-order valence-corrected chi connectivity index (χ0v) is 21.7. The normalized spacial score (nSPS) is 19.5. The molecule has 0 spiro atoms. The van der Waals surface area contributed by atoms with Crippen LogP contribution in [0.2, 0.25) is 0 Å². The van der Waals surface area contributed by atoms with Crippen molar-refractivity contribution in [2.75, 3.05) is 6.61 Å². The molecule has 0 bridgehead atoms. The summed E-state index contributed by atoms with van der Waals surface area (Å²) in [4.78, 5) is 0. The number of hydrogen-bond donors (Lipinski definition) is 0. The highest BCUT2D eigenvalue weighted by molar-refractivity contribution is 6.23. The smallest absolute Gasteiger partial charge is 0.131 e. The molecule has 0 radical (unpaired) electrons. The van der Waals surface area contributed by atoms with E-state index >= 15 is 0 Å². The van der Waals surface area contributed by atoms with E-state index in [9.17, 15) is 0 Å². The summed E-state index contributed by atoms with van der Waals surface area (Å²) in [5.41, 5.74) is 3.64. The maximum absolute atomic E-state index is 6.74. The fourth-order valence-corrected chi connectivity index (χ4v) is 5.83. The van der Waals surface area contributed by atoms with Crippen LogP contribution in [0.1, 0.15) is 29.2 Å². The van der Waals surface area contributed by atoms with Crippen molar-refractivity contribution in [3.05, 3.63) is 120 Å². The zero-order chi connectivity index (χ0) is 25.6. The number of hydrogen-bond acceptors (Lipinski definition) is 3. The summed E-state index contributed by atoms with van der Waals surface area (Å²) in [6.45, 7) is 4.60. The molecule has 6 aromatic rings. The third-order valence-corrected chi connectivity index (χ3v) is 7.85. The van der Waals surface area contributed by atoms with E-state index in [0.717, 1.165) is 17.9 Å². The second kappa shape index (κ2) is 9.34. The minimum Gasteiger partial charge on any atom is -0.491 e. The average Bonchev–Trinajstić information content (AvgIpc) is 3.34. The van der Waals surface area contributed by atoms with Gasteiger partial charge in [-0.15, -0.1) is 0 Å². The molecule has 1 saturated heterocycles. The Hall–Kier alpha value is -4.08. The van der Waals surface area contributed by atoms with E-state index in [2.05, 4.69) is 92.7 Å². The molecule has 1 aliphatic rings. The summed E-state index contributed by atoms with van der Waals surface area (Å²) >= 11 is 0. The highest BCUT2D eigenvalue weighted by atomic mass is 16.6. The van der Waals surface area contributed by atoms with Gasteiger partial charge in [0.1, 0.15) is 30.3 Å². The van der Waals surface area contributed by atoms with Gasteiger partial charge in [0.05, 0.1) is 6.10 Å². The Labute approximate surface area is 222 Å². The maximum atomic E-state index is 6.74. The van der Waals surface area contributed by atoms with Crippen LogP contribution in [0.5, 0.6) is 11.5 Å². The van der Waals surface area contributed by atoms with Gasteiger partial charge in [-0.05, 0) is 76.0 Å². The lowest BCUT2D eigenvalue weighted by Gasteiger charge is -2.21. The zero-order valence-electron chi connectivity index (χ0n) is 21.7. The van der Waals surface area contributed by atoms with Crippen molar-refractivity contribution in [3.8, 4) is 11.5 Å². The van der Waals surface area contributed by atoms with E-state index in [1.54, 1.807) is 0 Å². The van der Waals surface area contributed by atoms with Gasteiger partial charge in [-0.3, -0.25) is 0 Å². The summed E-state index contributed by atoms with van der Waals surface area (Å²) in [6.07, 6.45) is 0.370. The highest BCUT2D eigenvalue weighted by Gasteiger charge is 2.39. The predicted molar refractivity (Wildman–Crippen MR) is 155 cm³/mol. The molecule has 0 aromatic heterocycles. The Bertz CT molecular complexity index is 1700. The van der Waals surface area contributed by atoms with Crippen molar-refractivity contribution in [2.45, 2.75) is 38.6 Å². The first kappa shape index (κ1) is 23.1. The molecular formula is C35H30O3. The molecular weight excluding hydrogens is 468 g/mol. The van der Waals surface area contributed by atoms with Gasteiger partial charge in [-0.25, -0.2) is 0 Å². The van der Waals surface area contributed by atoms with Gasteiger partial charge < -0.3 is 14.2 Å². The molecule has 0 N–H and O–H groups in total. The molecule has 1 fully saturated rings. The van der Waals surface area contributed by atoms with Crippen LogP contribution >= 0.6 is 0 Å². The molecule has 3 atom stereocenters. The monoisotopic (exact) mass is 498 g/mol. The van der Waals surface area contributed by atoms with Crippen molar-refractivity contribution < 1.29 is 14.2 Å². The van der Waals surface area contributed by atoms with Crippen molar-refractivity contribution in [3.63, 3.8) is 0 Å². The Morgan fingerprint density at radius 2 is 1.26 bits per heavy atom. The van der Waals surface area contributed by atoms with Crippen LogP contribution in [0.25, 0.3) is 32.3 Å². The van der Waals surface area contributed by atoms with Crippen LogP contribution in [0.3, 0.4) is 0 Å². The summed E-state index contributed by atoms with van der Waals surface area (Å²) in [5, 5.41) is 7.71. The minimum atomic E-state index is -0.193. The van der Waals surface area contributed by atoms with Gasteiger partial charge in [0, 0.05) is 6.42 Å². The van der Waals surface area contributed by atoms with Crippen LogP contribution in [-0.2, 0) is 4.74 Å². The van der Waals surface area contributed by atoms with Crippen LogP contribution in [-0.4, -0.2) is 18.8 Å². The third-order valence-electron chi connectivity index (χ3n) is 7.85. The fraction of sp³-hybridized carbons (Fsp3) is 0.200. The summed E-state index contributed by atoms with van der Waals surface area (Å²) in [6, 6.07) is 36.4.